The van der Waals surface area contributed by atoms with E-state index in [9.17, 15) is 0 Å². The minimum Gasteiger partial charge on any atom is -0.459 e. The maximum absolute atomic E-state index is 6.04. The Morgan fingerprint density at radius 3 is 2.75 bits per heavy atom. The van der Waals surface area contributed by atoms with Gasteiger partial charge < -0.3 is 9.73 Å². The topological polar surface area (TPSA) is 28.4 Å². The average molecular weight is 335 g/mol. The van der Waals surface area contributed by atoms with Crippen molar-refractivity contribution in [2.45, 2.75) is 13.0 Å². The Hall–Kier alpha value is -0.840. The lowest BCUT2D eigenvalue weighted by Crippen LogP contribution is -2.28. The Labute approximate surface area is 127 Å². The maximum Gasteiger partial charge on any atom is 0.134 e. The Bertz CT molecular complexity index is 626. The third-order valence-electron chi connectivity index (χ3n) is 4.87. The van der Waals surface area contributed by atoms with Gasteiger partial charge in [0, 0.05) is 22.9 Å². The SMILES string of the molecule is CC(c1cc2cc(Br)ccc2o1)N1CC2CNCC2C1. The molecule has 3 unspecified atom stereocenters. The van der Waals surface area contributed by atoms with Crippen molar-refractivity contribution in [1.82, 2.24) is 10.2 Å². The lowest BCUT2D eigenvalue weighted by molar-refractivity contribution is 0.219. The van der Waals surface area contributed by atoms with Crippen LogP contribution in [0.25, 0.3) is 11.0 Å². The molecule has 106 valence electrons. The molecule has 1 N–H and O–H groups in total. The summed E-state index contributed by atoms with van der Waals surface area (Å²) in [5.74, 6) is 2.75. The summed E-state index contributed by atoms with van der Waals surface area (Å²) in [5.41, 5.74) is 0.983. The average Bonchev–Trinajstić information content (AvgIpc) is 3.10. The van der Waals surface area contributed by atoms with Crippen molar-refractivity contribution >= 4 is 26.9 Å². The normalized spacial score (nSPS) is 28.1. The molecule has 20 heavy (non-hydrogen) atoms. The van der Waals surface area contributed by atoms with Crippen LogP contribution in [0, 0.1) is 11.8 Å². The molecule has 0 bridgehead atoms. The standard InChI is InChI=1S/C16H19BrN2O/c1-10(19-8-12-6-18-7-13(12)9-19)16-5-11-4-14(17)2-3-15(11)20-16/h2-5,10,12-13,18H,6-9H2,1H3. The van der Waals surface area contributed by atoms with Crippen LogP contribution in [-0.4, -0.2) is 31.1 Å². The molecule has 2 saturated heterocycles. The highest BCUT2D eigenvalue weighted by Gasteiger charge is 2.38. The summed E-state index contributed by atoms with van der Waals surface area (Å²) >= 11 is 3.52. The summed E-state index contributed by atoms with van der Waals surface area (Å²) in [6, 6.07) is 8.76. The predicted octanol–water partition coefficient (Wildman–Crippen LogP) is 3.41. The zero-order chi connectivity index (χ0) is 13.7. The van der Waals surface area contributed by atoms with E-state index in [4.69, 9.17) is 4.42 Å². The van der Waals surface area contributed by atoms with E-state index in [1.807, 2.05) is 12.1 Å². The van der Waals surface area contributed by atoms with Gasteiger partial charge in [-0.05, 0) is 56.1 Å². The lowest BCUT2D eigenvalue weighted by atomic mass is 10.0. The van der Waals surface area contributed by atoms with E-state index in [0.29, 0.717) is 6.04 Å². The van der Waals surface area contributed by atoms with Crippen molar-refractivity contribution in [1.29, 1.82) is 0 Å². The number of benzene rings is 1. The summed E-state index contributed by atoms with van der Waals surface area (Å²) in [5, 5.41) is 4.68. The monoisotopic (exact) mass is 334 g/mol. The van der Waals surface area contributed by atoms with Crippen LogP contribution in [0.15, 0.2) is 33.2 Å². The van der Waals surface area contributed by atoms with Gasteiger partial charge in [-0.1, -0.05) is 15.9 Å². The zero-order valence-corrected chi connectivity index (χ0v) is 13.2. The van der Waals surface area contributed by atoms with Crippen molar-refractivity contribution < 1.29 is 4.42 Å². The highest BCUT2D eigenvalue weighted by atomic mass is 79.9. The van der Waals surface area contributed by atoms with Crippen LogP contribution in [-0.2, 0) is 0 Å². The summed E-state index contributed by atoms with van der Waals surface area (Å²) in [4.78, 5) is 2.57. The lowest BCUT2D eigenvalue weighted by Gasteiger charge is -2.23. The summed E-state index contributed by atoms with van der Waals surface area (Å²) in [6.45, 7) is 7.02. The Kier molecular flexibility index (Phi) is 3.13. The van der Waals surface area contributed by atoms with Crippen LogP contribution >= 0.6 is 15.9 Å². The minimum atomic E-state index is 0.367. The van der Waals surface area contributed by atoms with Gasteiger partial charge >= 0.3 is 0 Å². The largest absolute Gasteiger partial charge is 0.459 e. The first-order chi connectivity index (χ1) is 9.70. The highest BCUT2D eigenvalue weighted by Crippen LogP contribution is 2.35. The molecular weight excluding hydrogens is 316 g/mol. The maximum atomic E-state index is 6.04. The third-order valence-corrected chi connectivity index (χ3v) is 5.37. The molecule has 2 aromatic rings. The number of hydrogen-bond acceptors (Lipinski definition) is 3. The second kappa shape index (κ2) is 4.86. The van der Waals surface area contributed by atoms with E-state index in [0.717, 1.165) is 27.7 Å². The van der Waals surface area contributed by atoms with Crippen molar-refractivity contribution in [3.05, 3.63) is 34.5 Å². The fourth-order valence-electron chi connectivity index (χ4n) is 3.63. The van der Waals surface area contributed by atoms with Crippen LogP contribution in [0.1, 0.15) is 18.7 Å². The van der Waals surface area contributed by atoms with Gasteiger partial charge in [-0.15, -0.1) is 0 Å². The van der Waals surface area contributed by atoms with Crippen LogP contribution in [0.5, 0.6) is 0 Å². The molecule has 2 aliphatic rings. The number of fused-ring (bicyclic) bond motifs is 2. The third kappa shape index (κ3) is 2.10. The van der Waals surface area contributed by atoms with Crippen LogP contribution in [0.4, 0.5) is 0 Å². The molecule has 0 saturated carbocycles. The predicted molar refractivity (Wildman–Crippen MR) is 83.8 cm³/mol. The van der Waals surface area contributed by atoms with Crippen molar-refractivity contribution in [3.8, 4) is 0 Å². The second-order valence-electron chi connectivity index (χ2n) is 6.14. The first kappa shape index (κ1) is 12.9. The number of halogens is 1. The minimum absolute atomic E-state index is 0.367. The molecule has 1 aromatic heterocycles. The van der Waals surface area contributed by atoms with Gasteiger partial charge in [0.25, 0.3) is 0 Å². The molecule has 3 heterocycles. The first-order valence-electron chi connectivity index (χ1n) is 7.34. The van der Waals surface area contributed by atoms with Gasteiger partial charge in [-0.25, -0.2) is 0 Å². The molecule has 4 rings (SSSR count). The number of nitrogens with one attached hydrogen (secondary N) is 1. The fourth-order valence-corrected chi connectivity index (χ4v) is 4.01. The van der Waals surface area contributed by atoms with Crippen molar-refractivity contribution in [2.24, 2.45) is 11.8 Å². The molecule has 0 aliphatic carbocycles. The number of hydrogen-bond donors (Lipinski definition) is 1. The first-order valence-corrected chi connectivity index (χ1v) is 8.14. The summed E-state index contributed by atoms with van der Waals surface area (Å²) in [6.07, 6.45) is 0. The smallest absolute Gasteiger partial charge is 0.134 e. The van der Waals surface area contributed by atoms with Crippen LogP contribution in [0.2, 0.25) is 0 Å². The molecule has 2 fully saturated rings. The molecule has 2 aliphatic heterocycles. The fraction of sp³-hybridized carbons (Fsp3) is 0.500. The number of furan rings is 1. The number of likely N-dealkylation sites (tertiary alicyclic amines) is 1. The molecule has 1 aromatic carbocycles. The Morgan fingerprint density at radius 1 is 1.25 bits per heavy atom. The molecule has 0 spiro atoms. The van der Waals surface area contributed by atoms with E-state index in [2.05, 4.69) is 45.2 Å². The van der Waals surface area contributed by atoms with E-state index >= 15 is 0 Å². The molecular formula is C16H19BrN2O. The van der Waals surface area contributed by atoms with Gasteiger partial charge in [0.05, 0.1) is 6.04 Å². The Balaban J connectivity index is 1.59. The van der Waals surface area contributed by atoms with E-state index < -0.39 is 0 Å². The van der Waals surface area contributed by atoms with E-state index in [1.54, 1.807) is 0 Å². The molecule has 0 amide bonds. The number of nitrogens with zero attached hydrogens (tertiary/aromatic N) is 1. The van der Waals surface area contributed by atoms with Crippen LogP contribution in [0.3, 0.4) is 0 Å². The highest BCUT2D eigenvalue weighted by molar-refractivity contribution is 9.10. The van der Waals surface area contributed by atoms with Gasteiger partial charge in [-0.2, -0.15) is 0 Å². The van der Waals surface area contributed by atoms with Gasteiger partial charge in [-0.3, -0.25) is 4.90 Å². The quantitative estimate of drug-likeness (QED) is 0.912. The van der Waals surface area contributed by atoms with Gasteiger partial charge in [0.1, 0.15) is 11.3 Å². The van der Waals surface area contributed by atoms with Crippen LogP contribution < -0.4 is 5.32 Å². The van der Waals surface area contributed by atoms with Gasteiger partial charge in [0.15, 0.2) is 0 Å². The molecule has 0 radical (unpaired) electrons. The zero-order valence-electron chi connectivity index (χ0n) is 11.6. The van der Waals surface area contributed by atoms with Gasteiger partial charge in [0.2, 0.25) is 0 Å². The summed E-state index contributed by atoms with van der Waals surface area (Å²) in [7, 11) is 0. The van der Waals surface area contributed by atoms with Crippen molar-refractivity contribution in [2.75, 3.05) is 26.2 Å². The molecule has 3 atom stereocenters. The van der Waals surface area contributed by atoms with E-state index in [1.165, 1.54) is 31.6 Å². The summed E-state index contributed by atoms with van der Waals surface area (Å²) < 4.78 is 7.14. The number of rotatable bonds is 2. The molecule has 4 heteroatoms. The van der Waals surface area contributed by atoms with E-state index in [-0.39, 0.29) is 0 Å². The second-order valence-corrected chi connectivity index (χ2v) is 7.05. The Morgan fingerprint density at radius 2 is 2.00 bits per heavy atom. The molecule has 3 nitrogen and oxygen atoms in total. The van der Waals surface area contributed by atoms with Crippen molar-refractivity contribution in [3.63, 3.8) is 0 Å².